The summed E-state index contributed by atoms with van der Waals surface area (Å²) in [6, 6.07) is 34.5. The second-order valence-corrected chi connectivity index (χ2v) is 12.6. The highest BCUT2D eigenvalue weighted by Gasteiger charge is 2.32. The highest BCUT2D eigenvalue weighted by Crippen LogP contribution is 2.38. The summed E-state index contributed by atoms with van der Waals surface area (Å²) in [5.74, 6) is 0. The molecular formula is C37H49N3. The van der Waals surface area contributed by atoms with Crippen molar-refractivity contribution in [3.63, 3.8) is 0 Å². The molecule has 0 radical (unpaired) electrons. The molecule has 0 bridgehead atoms. The molecule has 0 heterocycles. The molecule has 6 rings (SSSR count). The number of hydrogen-bond donors (Lipinski definition) is 0. The maximum Gasteiger partial charge on any atom is 0.0414 e. The molecule has 0 aliphatic heterocycles. The van der Waals surface area contributed by atoms with Gasteiger partial charge in [0.15, 0.2) is 0 Å². The number of benzene rings is 3. The molecule has 3 fully saturated rings. The van der Waals surface area contributed by atoms with Crippen molar-refractivity contribution >= 4 is 22.7 Å². The fourth-order valence-electron chi connectivity index (χ4n) is 7.96. The summed E-state index contributed by atoms with van der Waals surface area (Å²) in [4.78, 5) is 8.02. The summed E-state index contributed by atoms with van der Waals surface area (Å²) < 4.78 is 0. The van der Waals surface area contributed by atoms with Gasteiger partial charge in [-0.3, -0.25) is 0 Å². The summed E-state index contributed by atoms with van der Waals surface area (Å²) >= 11 is 0. The molecule has 3 nitrogen and oxygen atoms in total. The van der Waals surface area contributed by atoms with E-state index < -0.39 is 0 Å². The lowest BCUT2D eigenvalue weighted by Gasteiger charge is -2.46. The van der Waals surface area contributed by atoms with Gasteiger partial charge in [0, 0.05) is 54.0 Å². The van der Waals surface area contributed by atoms with Crippen LogP contribution in [0.1, 0.15) is 89.9 Å². The van der Waals surface area contributed by atoms with Crippen LogP contribution in [-0.4, -0.2) is 31.2 Å². The second kappa shape index (κ2) is 13.1. The molecule has 0 unspecified atom stereocenters. The highest BCUT2D eigenvalue weighted by atomic mass is 15.2. The number of anilines is 4. The normalized spacial score (nSPS) is 22.5. The van der Waals surface area contributed by atoms with Crippen LogP contribution in [0, 0.1) is 0 Å². The zero-order valence-electron chi connectivity index (χ0n) is 24.6. The average Bonchev–Trinajstić information content (AvgIpc) is 3.04. The minimum atomic E-state index is 0.603. The first kappa shape index (κ1) is 27.2. The van der Waals surface area contributed by atoms with Crippen LogP contribution in [0.15, 0.2) is 84.9 Å². The summed E-state index contributed by atoms with van der Waals surface area (Å²) in [7, 11) is 2.33. The van der Waals surface area contributed by atoms with E-state index in [0.717, 1.165) is 6.04 Å². The SMILES string of the molecule is CN(c1ccc(N(c2ccccc2)C2CCCCC2)cc1)C1CCC(N(c2ccccc2)C2CCCCC2)CC1. The fourth-order valence-corrected chi connectivity index (χ4v) is 7.96. The van der Waals surface area contributed by atoms with Crippen LogP contribution >= 0.6 is 0 Å². The zero-order chi connectivity index (χ0) is 27.1. The van der Waals surface area contributed by atoms with Crippen molar-refractivity contribution < 1.29 is 0 Å². The van der Waals surface area contributed by atoms with Crippen molar-refractivity contribution in [2.45, 2.75) is 114 Å². The quantitative estimate of drug-likeness (QED) is 0.284. The molecule has 3 saturated carbocycles. The first-order chi connectivity index (χ1) is 19.8. The van der Waals surface area contributed by atoms with Gasteiger partial charge in [0.1, 0.15) is 0 Å². The van der Waals surface area contributed by atoms with E-state index in [2.05, 4.69) is 107 Å². The average molecular weight is 536 g/mol. The molecule has 0 spiro atoms. The van der Waals surface area contributed by atoms with E-state index in [9.17, 15) is 0 Å². The molecule has 0 atom stereocenters. The second-order valence-electron chi connectivity index (χ2n) is 12.6. The Kier molecular flexibility index (Phi) is 8.95. The highest BCUT2D eigenvalue weighted by molar-refractivity contribution is 5.67. The molecule has 40 heavy (non-hydrogen) atoms. The number of nitrogens with zero attached hydrogens (tertiary/aromatic N) is 3. The van der Waals surface area contributed by atoms with Crippen LogP contribution in [-0.2, 0) is 0 Å². The molecule has 0 N–H and O–H groups in total. The molecule has 0 amide bonds. The molecule has 3 aromatic carbocycles. The minimum Gasteiger partial charge on any atom is -0.372 e. The van der Waals surface area contributed by atoms with Crippen LogP contribution in [0.3, 0.4) is 0 Å². The van der Waals surface area contributed by atoms with Gasteiger partial charge in [0.2, 0.25) is 0 Å². The lowest BCUT2D eigenvalue weighted by molar-refractivity contribution is 0.319. The molecule has 3 aliphatic carbocycles. The van der Waals surface area contributed by atoms with E-state index in [-0.39, 0.29) is 0 Å². The van der Waals surface area contributed by atoms with E-state index in [4.69, 9.17) is 0 Å². The van der Waals surface area contributed by atoms with Crippen molar-refractivity contribution in [2.24, 2.45) is 0 Å². The van der Waals surface area contributed by atoms with Crippen molar-refractivity contribution in [1.82, 2.24) is 0 Å². The van der Waals surface area contributed by atoms with Crippen LogP contribution in [0.2, 0.25) is 0 Å². The molecule has 0 saturated heterocycles. The van der Waals surface area contributed by atoms with Gasteiger partial charge in [-0.15, -0.1) is 0 Å². The standard InChI is InChI=1S/C37H49N3/c1-38(30-22-26-36(27-23-30)39(32-14-6-2-7-15-32)33-16-8-3-9-17-33)31-24-28-37(29-25-31)40(34-18-10-4-11-19-34)35-20-12-5-13-21-35/h2,4,6-7,10-11,14-15,18-19,22-23,26-27,31,33,35,37H,3,5,8-9,12-13,16-17,20-21,24-25,28-29H2,1H3. The Morgan fingerprint density at radius 1 is 0.400 bits per heavy atom. The molecule has 212 valence electrons. The Hall–Kier alpha value is -2.94. The lowest BCUT2D eigenvalue weighted by Crippen LogP contribution is -2.48. The predicted molar refractivity (Wildman–Crippen MR) is 172 cm³/mol. The van der Waals surface area contributed by atoms with Crippen molar-refractivity contribution in [3.8, 4) is 0 Å². The van der Waals surface area contributed by atoms with Gasteiger partial charge < -0.3 is 14.7 Å². The predicted octanol–water partition coefficient (Wildman–Crippen LogP) is 9.74. The van der Waals surface area contributed by atoms with Crippen LogP contribution in [0.25, 0.3) is 0 Å². The van der Waals surface area contributed by atoms with E-state index in [1.165, 1.54) is 113 Å². The molecule has 3 aliphatic rings. The smallest absolute Gasteiger partial charge is 0.0414 e. The summed E-state index contributed by atoms with van der Waals surface area (Å²) in [5, 5.41) is 0. The van der Waals surface area contributed by atoms with Crippen LogP contribution < -0.4 is 14.7 Å². The maximum absolute atomic E-state index is 2.84. The molecule has 0 aromatic heterocycles. The Morgan fingerprint density at radius 3 is 1.40 bits per heavy atom. The number of rotatable bonds is 8. The Morgan fingerprint density at radius 2 is 0.825 bits per heavy atom. The van der Waals surface area contributed by atoms with Crippen LogP contribution in [0.5, 0.6) is 0 Å². The van der Waals surface area contributed by atoms with Gasteiger partial charge in [-0.05, 0) is 99.9 Å². The monoisotopic (exact) mass is 535 g/mol. The minimum absolute atomic E-state index is 0.603. The third-order valence-corrected chi connectivity index (χ3v) is 10.1. The van der Waals surface area contributed by atoms with Gasteiger partial charge in [-0.25, -0.2) is 0 Å². The third kappa shape index (κ3) is 6.19. The van der Waals surface area contributed by atoms with Gasteiger partial charge in [-0.1, -0.05) is 74.9 Å². The van der Waals surface area contributed by atoms with Gasteiger partial charge >= 0.3 is 0 Å². The van der Waals surface area contributed by atoms with Crippen molar-refractivity contribution in [3.05, 3.63) is 84.9 Å². The van der Waals surface area contributed by atoms with Gasteiger partial charge in [-0.2, -0.15) is 0 Å². The Balaban J connectivity index is 1.13. The summed E-state index contributed by atoms with van der Waals surface area (Å²) in [6.07, 6.45) is 18.7. The van der Waals surface area contributed by atoms with Crippen molar-refractivity contribution in [1.29, 1.82) is 0 Å². The Labute approximate surface area is 243 Å². The summed E-state index contributed by atoms with van der Waals surface area (Å²) in [5.41, 5.74) is 5.47. The largest absolute Gasteiger partial charge is 0.372 e. The van der Waals surface area contributed by atoms with E-state index >= 15 is 0 Å². The molecule has 3 heteroatoms. The topological polar surface area (TPSA) is 9.72 Å². The summed E-state index contributed by atoms with van der Waals surface area (Å²) in [6.45, 7) is 0. The first-order valence-electron chi connectivity index (χ1n) is 16.3. The van der Waals surface area contributed by atoms with E-state index in [1.807, 2.05) is 0 Å². The van der Waals surface area contributed by atoms with Gasteiger partial charge in [0.25, 0.3) is 0 Å². The van der Waals surface area contributed by atoms with E-state index in [0.29, 0.717) is 18.1 Å². The van der Waals surface area contributed by atoms with E-state index in [1.54, 1.807) is 0 Å². The molecule has 3 aromatic rings. The Bertz CT molecular complexity index is 1140. The third-order valence-electron chi connectivity index (χ3n) is 10.1. The van der Waals surface area contributed by atoms with Crippen molar-refractivity contribution in [2.75, 3.05) is 21.7 Å². The van der Waals surface area contributed by atoms with Gasteiger partial charge in [0.05, 0.1) is 0 Å². The fraction of sp³-hybridized carbons (Fsp3) is 0.514. The van der Waals surface area contributed by atoms with Crippen LogP contribution in [0.4, 0.5) is 22.7 Å². The number of para-hydroxylation sites is 2. The first-order valence-corrected chi connectivity index (χ1v) is 16.3. The number of hydrogen-bond acceptors (Lipinski definition) is 3. The lowest BCUT2D eigenvalue weighted by atomic mass is 9.85. The molecular weight excluding hydrogens is 486 g/mol. The zero-order valence-corrected chi connectivity index (χ0v) is 24.6. The maximum atomic E-state index is 2.84.